The molecule has 0 saturated carbocycles. The molecule has 16 heavy (non-hydrogen) atoms. The molecule has 0 aliphatic carbocycles. The van der Waals surface area contributed by atoms with Gasteiger partial charge in [-0.15, -0.1) is 0 Å². The lowest BCUT2D eigenvalue weighted by atomic mass is 9.97. The lowest BCUT2D eigenvalue weighted by molar-refractivity contribution is 0.166. The van der Waals surface area contributed by atoms with Gasteiger partial charge in [0.15, 0.2) is 0 Å². The minimum Gasteiger partial charge on any atom is -0.316 e. The third kappa shape index (κ3) is 2.96. The Morgan fingerprint density at radius 3 is 2.69 bits per heavy atom. The van der Waals surface area contributed by atoms with Crippen molar-refractivity contribution in [1.82, 2.24) is 15.1 Å². The van der Waals surface area contributed by atoms with Crippen molar-refractivity contribution in [3.63, 3.8) is 0 Å². The molecule has 2 rings (SSSR count). The first kappa shape index (κ1) is 12.3. The maximum absolute atomic E-state index is 3.51. The van der Waals surface area contributed by atoms with Crippen molar-refractivity contribution in [2.24, 2.45) is 11.8 Å². The zero-order valence-corrected chi connectivity index (χ0v) is 11.1. The van der Waals surface area contributed by atoms with Crippen LogP contribution in [0.15, 0.2) is 0 Å². The minimum absolute atomic E-state index is 0.722. The van der Waals surface area contributed by atoms with E-state index in [4.69, 9.17) is 0 Å². The largest absolute Gasteiger partial charge is 0.316 e. The van der Waals surface area contributed by atoms with E-state index in [9.17, 15) is 0 Å². The average Bonchev–Trinajstić information content (AvgIpc) is 2.55. The van der Waals surface area contributed by atoms with Crippen molar-refractivity contribution < 1.29 is 0 Å². The molecule has 0 bridgehead atoms. The van der Waals surface area contributed by atoms with Gasteiger partial charge in [-0.1, -0.05) is 6.92 Å². The van der Waals surface area contributed by atoms with E-state index in [-0.39, 0.29) is 0 Å². The Morgan fingerprint density at radius 2 is 2.00 bits per heavy atom. The normalized spacial score (nSPS) is 38.8. The highest BCUT2D eigenvalue weighted by atomic mass is 15.2. The van der Waals surface area contributed by atoms with Crippen molar-refractivity contribution in [3.05, 3.63) is 0 Å². The fourth-order valence-corrected chi connectivity index (χ4v) is 3.10. The Kier molecular flexibility index (Phi) is 4.22. The Hall–Kier alpha value is -0.120. The zero-order chi connectivity index (χ0) is 11.5. The van der Waals surface area contributed by atoms with Crippen LogP contribution in [0.3, 0.4) is 0 Å². The van der Waals surface area contributed by atoms with Crippen molar-refractivity contribution >= 4 is 0 Å². The van der Waals surface area contributed by atoms with Crippen LogP contribution in [-0.2, 0) is 0 Å². The number of hydrogen-bond donors (Lipinski definition) is 1. The summed E-state index contributed by atoms with van der Waals surface area (Å²) >= 11 is 0. The highest BCUT2D eigenvalue weighted by molar-refractivity contribution is 4.84. The Bertz CT molecular complexity index is 219. The molecule has 0 aromatic heterocycles. The van der Waals surface area contributed by atoms with Crippen LogP contribution in [0.1, 0.15) is 20.3 Å². The summed E-state index contributed by atoms with van der Waals surface area (Å²) in [6.45, 7) is 12.3. The summed E-state index contributed by atoms with van der Waals surface area (Å²) in [7, 11) is 2.25. The molecule has 0 radical (unpaired) electrons. The minimum atomic E-state index is 0.722. The molecule has 2 saturated heterocycles. The van der Waals surface area contributed by atoms with Gasteiger partial charge in [-0.2, -0.15) is 0 Å². The van der Waals surface area contributed by atoms with Gasteiger partial charge in [0.25, 0.3) is 0 Å². The van der Waals surface area contributed by atoms with Gasteiger partial charge in [-0.05, 0) is 58.4 Å². The standard InChI is InChI=1S/C13H27N3/c1-11-7-14-8-13(11)10-16-6-4-5-15(3)9-12(16)2/h11-14H,4-10H2,1-3H3. The second-order valence-electron chi connectivity index (χ2n) is 5.86. The summed E-state index contributed by atoms with van der Waals surface area (Å²) < 4.78 is 0. The van der Waals surface area contributed by atoms with Crippen LogP contribution in [0, 0.1) is 11.8 Å². The van der Waals surface area contributed by atoms with Crippen molar-refractivity contribution in [2.75, 3.05) is 46.3 Å². The SMILES string of the molecule is CC1CNCC1CN1CCCN(C)CC1C. The molecule has 0 aromatic rings. The molecule has 2 aliphatic rings. The third-order valence-electron chi connectivity index (χ3n) is 4.33. The first-order valence-electron chi connectivity index (χ1n) is 6.80. The molecule has 94 valence electrons. The summed E-state index contributed by atoms with van der Waals surface area (Å²) in [5.74, 6) is 1.72. The number of nitrogens with one attached hydrogen (secondary N) is 1. The number of hydrogen-bond acceptors (Lipinski definition) is 3. The van der Waals surface area contributed by atoms with E-state index < -0.39 is 0 Å². The van der Waals surface area contributed by atoms with E-state index in [2.05, 4.69) is 36.0 Å². The van der Waals surface area contributed by atoms with Crippen LogP contribution >= 0.6 is 0 Å². The first-order chi connectivity index (χ1) is 7.66. The van der Waals surface area contributed by atoms with Gasteiger partial charge in [0, 0.05) is 19.1 Å². The first-order valence-corrected chi connectivity index (χ1v) is 6.80. The molecule has 3 unspecified atom stereocenters. The van der Waals surface area contributed by atoms with Gasteiger partial charge in [0.2, 0.25) is 0 Å². The topological polar surface area (TPSA) is 18.5 Å². The predicted octanol–water partition coefficient (Wildman–Crippen LogP) is 0.868. The maximum atomic E-state index is 3.51. The van der Waals surface area contributed by atoms with Crippen LogP contribution in [0.4, 0.5) is 0 Å². The lowest BCUT2D eigenvalue weighted by Gasteiger charge is -2.31. The van der Waals surface area contributed by atoms with Crippen molar-refractivity contribution in [1.29, 1.82) is 0 Å². The molecular formula is C13H27N3. The summed E-state index contributed by atoms with van der Waals surface area (Å²) in [6.07, 6.45) is 1.33. The highest BCUT2D eigenvalue weighted by Gasteiger charge is 2.28. The molecule has 2 heterocycles. The number of nitrogens with zero attached hydrogens (tertiary/aromatic N) is 2. The summed E-state index contributed by atoms with van der Waals surface area (Å²) in [5, 5.41) is 3.51. The molecule has 1 N–H and O–H groups in total. The molecule has 3 nitrogen and oxygen atoms in total. The summed E-state index contributed by atoms with van der Waals surface area (Å²) in [4.78, 5) is 5.18. The maximum Gasteiger partial charge on any atom is 0.0194 e. The van der Waals surface area contributed by atoms with Crippen LogP contribution in [-0.4, -0.2) is 62.2 Å². The van der Waals surface area contributed by atoms with Crippen molar-refractivity contribution in [3.8, 4) is 0 Å². The fourth-order valence-electron chi connectivity index (χ4n) is 3.10. The fraction of sp³-hybridized carbons (Fsp3) is 1.00. The molecular weight excluding hydrogens is 198 g/mol. The summed E-state index contributed by atoms with van der Waals surface area (Å²) in [5.41, 5.74) is 0. The van der Waals surface area contributed by atoms with Gasteiger partial charge in [0.1, 0.15) is 0 Å². The monoisotopic (exact) mass is 225 g/mol. The summed E-state index contributed by atoms with van der Waals surface area (Å²) in [6, 6.07) is 0.722. The van der Waals surface area contributed by atoms with Crippen LogP contribution in [0.25, 0.3) is 0 Å². The highest BCUT2D eigenvalue weighted by Crippen LogP contribution is 2.19. The quantitative estimate of drug-likeness (QED) is 0.752. The van der Waals surface area contributed by atoms with E-state index in [1.807, 2.05) is 0 Å². The van der Waals surface area contributed by atoms with Gasteiger partial charge >= 0.3 is 0 Å². The smallest absolute Gasteiger partial charge is 0.0194 e. The lowest BCUT2D eigenvalue weighted by Crippen LogP contribution is -2.41. The van der Waals surface area contributed by atoms with E-state index in [0.717, 1.165) is 17.9 Å². The Morgan fingerprint density at radius 1 is 1.19 bits per heavy atom. The van der Waals surface area contributed by atoms with Crippen LogP contribution < -0.4 is 5.32 Å². The van der Waals surface area contributed by atoms with E-state index in [0.29, 0.717) is 0 Å². The van der Waals surface area contributed by atoms with Crippen molar-refractivity contribution in [2.45, 2.75) is 26.3 Å². The predicted molar refractivity (Wildman–Crippen MR) is 68.7 cm³/mol. The second kappa shape index (κ2) is 5.48. The molecule has 0 spiro atoms. The Labute approximate surface area is 100 Å². The third-order valence-corrected chi connectivity index (χ3v) is 4.33. The Balaban J connectivity index is 1.87. The van der Waals surface area contributed by atoms with E-state index in [1.165, 1.54) is 45.7 Å². The van der Waals surface area contributed by atoms with Crippen LogP contribution in [0.2, 0.25) is 0 Å². The average molecular weight is 225 g/mol. The van der Waals surface area contributed by atoms with Gasteiger partial charge in [-0.25, -0.2) is 0 Å². The molecule has 3 atom stereocenters. The molecule has 2 aliphatic heterocycles. The van der Waals surface area contributed by atoms with Crippen LogP contribution in [0.5, 0.6) is 0 Å². The molecule has 3 heteroatoms. The molecule has 0 aromatic carbocycles. The van der Waals surface area contributed by atoms with Gasteiger partial charge in [0.05, 0.1) is 0 Å². The van der Waals surface area contributed by atoms with E-state index >= 15 is 0 Å². The van der Waals surface area contributed by atoms with Gasteiger partial charge in [-0.3, -0.25) is 4.90 Å². The van der Waals surface area contributed by atoms with Gasteiger partial charge < -0.3 is 10.2 Å². The number of rotatable bonds is 2. The number of likely N-dealkylation sites (N-methyl/N-ethyl adjacent to an activating group) is 1. The molecule has 2 fully saturated rings. The van der Waals surface area contributed by atoms with E-state index in [1.54, 1.807) is 0 Å². The zero-order valence-electron chi connectivity index (χ0n) is 11.1. The second-order valence-corrected chi connectivity index (χ2v) is 5.86. The molecule has 0 amide bonds.